The molecule has 1 aromatic heterocycles. The van der Waals surface area contributed by atoms with Crippen molar-refractivity contribution in [1.82, 2.24) is 25.0 Å². The summed E-state index contributed by atoms with van der Waals surface area (Å²) >= 11 is 0. The molecule has 1 aromatic carbocycles. The zero-order valence-electron chi connectivity index (χ0n) is 17.7. The van der Waals surface area contributed by atoms with Crippen LogP contribution in [0.4, 0.5) is 10.5 Å². The van der Waals surface area contributed by atoms with E-state index in [4.69, 9.17) is 0 Å². The molecule has 2 aliphatic heterocycles. The number of carbonyl (C=O) groups excluding carboxylic acids is 2. The van der Waals surface area contributed by atoms with Gasteiger partial charge in [0.05, 0.1) is 6.04 Å². The summed E-state index contributed by atoms with van der Waals surface area (Å²) in [5.41, 5.74) is 1.17. The quantitative estimate of drug-likeness (QED) is 0.807. The Bertz CT molecular complexity index is 922. The van der Waals surface area contributed by atoms with Gasteiger partial charge >= 0.3 is 6.03 Å². The van der Waals surface area contributed by atoms with Crippen LogP contribution in [0.3, 0.4) is 0 Å². The lowest BCUT2D eigenvalue weighted by molar-refractivity contribution is 0.0727. The Balaban J connectivity index is 1.53. The smallest absolute Gasteiger partial charge is 0.319 e. The van der Waals surface area contributed by atoms with E-state index in [0.29, 0.717) is 17.8 Å². The summed E-state index contributed by atoms with van der Waals surface area (Å²) in [6, 6.07) is 6.84. The van der Waals surface area contributed by atoms with Gasteiger partial charge in [-0.05, 0) is 57.7 Å². The van der Waals surface area contributed by atoms with Crippen molar-refractivity contribution in [2.75, 3.05) is 11.9 Å². The second-order valence-corrected chi connectivity index (χ2v) is 8.43. The maximum absolute atomic E-state index is 13.3. The fourth-order valence-corrected chi connectivity index (χ4v) is 4.36. The second-order valence-electron chi connectivity index (χ2n) is 8.43. The number of nitrogens with one attached hydrogen (secondary N) is 2. The molecule has 0 saturated carbocycles. The number of hydrogen-bond donors (Lipinski definition) is 2. The summed E-state index contributed by atoms with van der Waals surface area (Å²) in [6.45, 7) is 5.44. The molecule has 3 heterocycles. The van der Waals surface area contributed by atoms with E-state index in [-0.39, 0.29) is 24.0 Å². The molecule has 160 valence electrons. The Hall–Kier alpha value is -2.90. The molecule has 30 heavy (non-hydrogen) atoms. The highest BCUT2D eigenvalue weighted by atomic mass is 16.2. The van der Waals surface area contributed by atoms with Gasteiger partial charge < -0.3 is 20.1 Å². The van der Waals surface area contributed by atoms with Gasteiger partial charge in [0.25, 0.3) is 5.91 Å². The Kier molecular flexibility index (Phi) is 6.01. The predicted octanol–water partition coefficient (Wildman–Crippen LogP) is 3.51. The average molecular weight is 411 g/mol. The van der Waals surface area contributed by atoms with Crippen molar-refractivity contribution in [3.8, 4) is 0 Å². The van der Waals surface area contributed by atoms with Gasteiger partial charge in [0, 0.05) is 36.8 Å². The molecule has 8 nitrogen and oxygen atoms in total. The molecular formula is C22H30N6O2. The van der Waals surface area contributed by atoms with Gasteiger partial charge in [0.15, 0.2) is 5.82 Å². The first-order valence-electron chi connectivity index (χ1n) is 10.9. The first-order chi connectivity index (χ1) is 14.5. The monoisotopic (exact) mass is 410 g/mol. The molecule has 1 saturated heterocycles. The van der Waals surface area contributed by atoms with Crippen LogP contribution in [0.5, 0.6) is 0 Å². The Morgan fingerprint density at radius 1 is 1.10 bits per heavy atom. The van der Waals surface area contributed by atoms with Crippen molar-refractivity contribution in [2.24, 2.45) is 0 Å². The van der Waals surface area contributed by atoms with Gasteiger partial charge in [-0.15, -0.1) is 10.2 Å². The highest BCUT2D eigenvalue weighted by Gasteiger charge is 2.35. The number of anilines is 1. The average Bonchev–Trinajstić information content (AvgIpc) is 3.27. The van der Waals surface area contributed by atoms with Crippen molar-refractivity contribution in [3.05, 3.63) is 41.5 Å². The molecule has 2 N–H and O–H groups in total. The van der Waals surface area contributed by atoms with E-state index in [1.807, 2.05) is 18.7 Å². The molecule has 0 spiro atoms. The minimum atomic E-state index is -0.278. The molecule has 0 unspecified atom stereocenters. The molecule has 0 radical (unpaired) electrons. The Labute approximate surface area is 177 Å². The summed E-state index contributed by atoms with van der Waals surface area (Å²) in [5.74, 6) is 1.93. The van der Waals surface area contributed by atoms with Crippen LogP contribution in [-0.2, 0) is 13.0 Å². The third kappa shape index (κ3) is 4.32. The topological polar surface area (TPSA) is 92.2 Å². The van der Waals surface area contributed by atoms with Crippen molar-refractivity contribution in [3.63, 3.8) is 0 Å². The van der Waals surface area contributed by atoms with E-state index >= 15 is 0 Å². The van der Waals surface area contributed by atoms with Gasteiger partial charge in [0.2, 0.25) is 0 Å². The van der Waals surface area contributed by atoms with E-state index in [0.717, 1.165) is 50.3 Å². The molecular weight excluding hydrogens is 380 g/mol. The van der Waals surface area contributed by atoms with E-state index < -0.39 is 0 Å². The number of carbonyl (C=O) groups is 2. The standard InChI is InChI=1S/C22H30N6O2/c1-15(2)23-22(30)24-17-9-6-8-16(14-17)21(29)27-13-7-10-18(27)20-26-25-19-11-4-3-5-12-28(19)20/h6,8-9,14-15,18H,3-5,7,10-13H2,1-2H3,(H2,23,24,30)/t18-/m1/s1. The first kappa shape index (κ1) is 20.4. The van der Waals surface area contributed by atoms with Crippen LogP contribution < -0.4 is 10.6 Å². The summed E-state index contributed by atoms with van der Waals surface area (Å²) in [7, 11) is 0. The van der Waals surface area contributed by atoms with Gasteiger partial charge in [-0.3, -0.25) is 4.79 Å². The number of benzene rings is 1. The normalized spacial score (nSPS) is 18.8. The first-order valence-corrected chi connectivity index (χ1v) is 10.9. The molecule has 8 heteroatoms. The van der Waals surface area contributed by atoms with Crippen LogP contribution in [0.2, 0.25) is 0 Å². The van der Waals surface area contributed by atoms with Crippen LogP contribution in [-0.4, -0.2) is 44.2 Å². The highest BCUT2D eigenvalue weighted by Crippen LogP contribution is 2.33. The van der Waals surface area contributed by atoms with Crippen LogP contribution in [0, 0.1) is 0 Å². The number of urea groups is 1. The lowest BCUT2D eigenvalue weighted by atomic mass is 10.1. The molecule has 1 atom stereocenters. The predicted molar refractivity (Wildman–Crippen MR) is 114 cm³/mol. The molecule has 2 aromatic rings. The fourth-order valence-electron chi connectivity index (χ4n) is 4.36. The zero-order valence-corrected chi connectivity index (χ0v) is 17.7. The van der Waals surface area contributed by atoms with Crippen molar-refractivity contribution in [2.45, 2.75) is 71.0 Å². The number of hydrogen-bond acceptors (Lipinski definition) is 4. The summed E-state index contributed by atoms with van der Waals surface area (Å²) in [5, 5.41) is 14.5. The number of rotatable bonds is 4. The summed E-state index contributed by atoms with van der Waals surface area (Å²) < 4.78 is 2.23. The SMILES string of the molecule is CC(C)NC(=O)Nc1cccc(C(=O)N2CCC[C@@H]2c2nnc3n2CCCCC3)c1. The number of amides is 3. The number of fused-ring (bicyclic) bond motifs is 1. The molecule has 1 fully saturated rings. The number of likely N-dealkylation sites (tertiary alicyclic amines) is 1. The second kappa shape index (κ2) is 8.85. The number of nitrogens with zero attached hydrogens (tertiary/aromatic N) is 4. The third-order valence-corrected chi connectivity index (χ3v) is 5.74. The van der Waals surface area contributed by atoms with E-state index in [2.05, 4.69) is 25.4 Å². The van der Waals surface area contributed by atoms with E-state index in [1.54, 1.807) is 24.3 Å². The molecule has 0 bridgehead atoms. The minimum Gasteiger partial charge on any atom is -0.336 e. The molecule has 2 aliphatic rings. The summed E-state index contributed by atoms with van der Waals surface area (Å²) in [4.78, 5) is 27.3. The van der Waals surface area contributed by atoms with E-state index in [1.165, 1.54) is 6.42 Å². The van der Waals surface area contributed by atoms with Gasteiger partial charge in [-0.1, -0.05) is 12.5 Å². The largest absolute Gasteiger partial charge is 0.336 e. The van der Waals surface area contributed by atoms with Crippen molar-refractivity contribution >= 4 is 17.6 Å². The Morgan fingerprint density at radius 3 is 2.80 bits per heavy atom. The van der Waals surface area contributed by atoms with Crippen LogP contribution in [0.1, 0.15) is 74.0 Å². The highest BCUT2D eigenvalue weighted by molar-refractivity contribution is 5.97. The van der Waals surface area contributed by atoms with Gasteiger partial charge in [-0.25, -0.2) is 4.79 Å². The minimum absolute atomic E-state index is 0.0311. The summed E-state index contributed by atoms with van der Waals surface area (Å²) in [6.07, 6.45) is 6.30. The maximum atomic E-state index is 13.3. The molecule has 4 rings (SSSR count). The van der Waals surface area contributed by atoms with Crippen molar-refractivity contribution in [1.29, 1.82) is 0 Å². The van der Waals surface area contributed by atoms with Gasteiger partial charge in [-0.2, -0.15) is 0 Å². The van der Waals surface area contributed by atoms with Crippen LogP contribution >= 0.6 is 0 Å². The zero-order chi connectivity index (χ0) is 21.1. The third-order valence-electron chi connectivity index (χ3n) is 5.74. The Morgan fingerprint density at radius 2 is 1.97 bits per heavy atom. The van der Waals surface area contributed by atoms with Crippen molar-refractivity contribution < 1.29 is 9.59 Å². The van der Waals surface area contributed by atoms with Gasteiger partial charge in [0.1, 0.15) is 5.82 Å². The molecule has 3 amide bonds. The number of aromatic nitrogens is 3. The number of aryl methyl sites for hydroxylation is 1. The lowest BCUT2D eigenvalue weighted by Gasteiger charge is -2.25. The van der Waals surface area contributed by atoms with Crippen LogP contribution in [0.15, 0.2) is 24.3 Å². The maximum Gasteiger partial charge on any atom is 0.319 e. The van der Waals surface area contributed by atoms with Crippen LogP contribution in [0.25, 0.3) is 0 Å². The fraction of sp³-hybridized carbons (Fsp3) is 0.545. The lowest BCUT2D eigenvalue weighted by Crippen LogP contribution is -2.34. The van der Waals surface area contributed by atoms with E-state index in [9.17, 15) is 9.59 Å². The molecule has 0 aliphatic carbocycles.